The molecular formula is C36H43N3O4S. The fraction of sp³-hybridized carbons (Fsp3) is 0.333. The molecule has 0 aliphatic carbocycles. The number of carbonyl (C=O) groups excluding carboxylic acids is 2. The van der Waals surface area contributed by atoms with Crippen LogP contribution >= 0.6 is 11.3 Å². The van der Waals surface area contributed by atoms with E-state index in [1.54, 1.807) is 24.5 Å². The van der Waals surface area contributed by atoms with Crippen LogP contribution in [0.3, 0.4) is 0 Å². The monoisotopic (exact) mass is 613 g/mol. The van der Waals surface area contributed by atoms with Gasteiger partial charge in [-0.3, -0.25) is 9.59 Å². The van der Waals surface area contributed by atoms with Gasteiger partial charge in [0.15, 0.2) is 0 Å². The second-order valence-corrected chi connectivity index (χ2v) is 11.7. The molecule has 3 N–H and O–H groups in total. The number of hydrogen-bond donors (Lipinski definition) is 3. The van der Waals surface area contributed by atoms with Crippen LogP contribution in [0.2, 0.25) is 0 Å². The van der Waals surface area contributed by atoms with Gasteiger partial charge in [0, 0.05) is 37.3 Å². The zero-order valence-electron chi connectivity index (χ0n) is 25.8. The Bertz CT molecular complexity index is 1470. The third kappa shape index (κ3) is 9.26. The van der Waals surface area contributed by atoms with Gasteiger partial charge in [-0.1, -0.05) is 56.3 Å². The summed E-state index contributed by atoms with van der Waals surface area (Å²) in [5.41, 5.74) is 4.68. The van der Waals surface area contributed by atoms with Gasteiger partial charge in [0.25, 0.3) is 11.8 Å². The van der Waals surface area contributed by atoms with E-state index in [4.69, 9.17) is 4.74 Å². The summed E-state index contributed by atoms with van der Waals surface area (Å²) in [6.07, 6.45) is 1.30. The van der Waals surface area contributed by atoms with Crippen LogP contribution in [0, 0.1) is 0 Å². The molecule has 0 saturated carbocycles. The van der Waals surface area contributed by atoms with Crippen LogP contribution < -0.4 is 15.4 Å². The van der Waals surface area contributed by atoms with E-state index in [1.165, 1.54) is 0 Å². The van der Waals surface area contributed by atoms with Gasteiger partial charge in [0.1, 0.15) is 5.75 Å². The Morgan fingerprint density at radius 3 is 2.30 bits per heavy atom. The number of carbonyl (C=O) groups is 2. The number of thiophene rings is 1. The molecule has 0 radical (unpaired) electrons. The Kier molecular flexibility index (Phi) is 12.5. The van der Waals surface area contributed by atoms with Gasteiger partial charge in [0.2, 0.25) is 0 Å². The Morgan fingerprint density at radius 1 is 0.886 bits per heavy atom. The quantitative estimate of drug-likeness (QED) is 0.141. The van der Waals surface area contributed by atoms with E-state index < -0.39 is 12.1 Å². The van der Waals surface area contributed by atoms with Gasteiger partial charge in [0.05, 0.1) is 19.3 Å². The standard InChI is InChI=1S/C36H43N3O4S/c1-4-15-39(16-5-2)36(42)31-21-29(28-14-17-44-25-28)20-30(22-31)35(41)38-33(19-26-10-7-6-8-11-26)34(40)24-37-23-27-12-9-13-32(18-27)43-3/h6-14,17-18,20-22,25,33-34,37,40H,4-5,15-16,19,23-24H2,1-3H3,(H,38,41)/t33-,34+/m0/s1. The minimum absolute atomic E-state index is 0.0811. The molecule has 2 atom stereocenters. The molecule has 1 heterocycles. The van der Waals surface area contributed by atoms with Crippen LogP contribution in [0.5, 0.6) is 5.75 Å². The van der Waals surface area contributed by atoms with Gasteiger partial charge in [-0.05, 0) is 88.7 Å². The lowest BCUT2D eigenvalue weighted by molar-refractivity contribution is 0.0755. The lowest BCUT2D eigenvalue weighted by Gasteiger charge is -2.25. The Balaban J connectivity index is 1.57. The molecule has 0 saturated heterocycles. The number of rotatable bonds is 16. The van der Waals surface area contributed by atoms with Crippen LogP contribution in [-0.4, -0.2) is 60.7 Å². The van der Waals surface area contributed by atoms with Crippen LogP contribution in [0.15, 0.2) is 89.6 Å². The predicted molar refractivity (Wildman–Crippen MR) is 178 cm³/mol. The van der Waals surface area contributed by atoms with Crippen molar-refractivity contribution in [2.45, 2.75) is 51.8 Å². The molecular weight excluding hydrogens is 570 g/mol. The maximum atomic E-state index is 13.9. The summed E-state index contributed by atoms with van der Waals surface area (Å²) in [6.45, 7) is 6.24. The first-order valence-electron chi connectivity index (χ1n) is 15.2. The molecule has 0 unspecified atom stereocenters. The van der Waals surface area contributed by atoms with Crippen LogP contribution in [0.4, 0.5) is 0 Å². The van der Waals surface area contributed by atoms with Crippen molar-refractivity contribution in [2.24, 2.45) is 0 Å². The lowest BCUT2D eigenvalue weighted by atomic mass is 9.98. The van der Waals surface area contributed by atoms with Crippen LogP contribution in [0.1, 0.15) is 58.5 Å². The van der Waals surface area contributed by atoms with Crippen LogP contribution in [-0.2, 0) is 13.0 Å². The van der Waals surface area contributed by atoms with Crippen molar-refractivity contribution < 1.29 is 19.4 Å². The summed E-state index contributed by atoms with van der Waals surface area (Å²) in [7, 11) is 1.63. The van der Waals surface area contributed by atoms with E-state index in [-0.39, 0.29) is 18.4 Å². The lowest BCUT2D eigenvalue weighted by Crippen LogP contribution is -2.48. The van der Waals surface area contributed by atoms with Gasteiger partial charge in [-0.25, -0.2) is 0 Å². The van der Waals surface area contributed by atoms with E-state index in [9.17, 15) is 14.7 Å². The maximum absolute atomic E-state index is 13.9. The number of aliphatic hydroxyl groups excluding tert-OH is 1. The minimum Gasteiger partial charge on any atom is -0.497 e. The van der Waals surface area contributed by atoms with E-state index in [2.05, 4.69) is 24.5 Å². The minimum atomic E-state index is -0.865. The van der Waals surface area contributed by atoms with E-state index in [0.717, 1.165) is 40.8 Å². The SMILES string of the molecule is CCCN(CCC)C(=O)c1cc(C(=O)N[C@@H](Cc2ccccc2)[C@H](O)CNCc2cccc(OC)c2)cc(-c2ccsc2)c1. The van der Waals surface area contributed by atoms with Crippen molar-refractivity contribution >= 4 is 23.2 Å². The second kappa shape index (κ2) is 16.8. The first-order valence-corrected chi connectivity index (χ1v) is 16.2. The smallest absolute Gasteiger partial charge is 0.253 e. The molecule has 2 amide bonds. The highest BCUT2D eigenvalue weighted by Gasteiger charge is 2.24. The molecule has 232 valence electrons. The van der Waals surface area contributed by atoms with Crippen molar-refractivity contribution in [3.8, 4) is 16.9 Å². The van der Waals surface area contributed by atoms with Gasteiger partial charge in [-0.15, -0.1) is 0 Å². The number of methoxy groups -OCH3 is 1. The Morgan fingerprint density at radius 2 is 1.61 bits per heavy atom. The summed E-state index contributed by atoms with van der Waals surface area (Å²) in [5.74, 6) is 0.359. The van der Waals surface area contributed by atoms with Crippen molar-refractivity contribution in [1.82, 2.24) is 15.5 Å². The molecule has 0 aliphatic heterocycles. The van der Waals surface area contributed by atoms with Crippen LogP contribution in [0.25, 0.3) is 11.1 Å². The zero-order chi connectivity index (χ0) is 31.3. The van der Waals surface area contributed by atoms with Crippen molar-refractivity contribution in [3.05, 3.63) is 112 Å². The number of hydrogen-bond acceptors (Lipinski definition) is 6. The Labute approximate surface area is 264 Å². The molecule has 4 rings (SSSR count). The Hall–Kier alpha value is -3.98. The second-order valence-electron chi connectivity index (χ2n) is 10.9. The molecule has 4 aromatic rings. The van der Waals surface area contributed by atoms with Gasteiger partial charge < -0.3 is 25.4 Å². The number of nitrogens with zero attached hydrogens (tertiary/aromatic N) is 1. The first-order chi connectivity index (χ1) is 21.4. The maximum Gasteiger partial charge on any atom is 0.253 e. The summed E-state index contributed by atoms with van der Waals surface area (Å²) in [4.78, 5) is 29.3. The fourth-order valence-corrected chi connectivity index (χ4v) is 5.87. The fourth-order valence-electron chi connectivity index (χ4n) is 5.21. The highest BCUT2D eigenvalue weighted by atomic mass is 32.1. The normalized spacial score (nSPS) is 12.4. The number of aliphatic hydroxyl groups is 1. The highest BCUT2D eigenvalue weighted by Crippen LogP contribution is 2.26. The summed E-state index contributed by atoms with van der Waals surface area (Å²) < 4.78 is 5.32. The zero-order valence-corrected chi connectivity index (χ0v) is 26.6. The molecule has 1 aromatic heterocycles. The number of amides is 2. The molecule has 0 bridgehead atoms. The van der Waals surface area contributed by atoms with Crippen molar-refractivity contribution in [2.75, 3.05) is 26.7 Å². The van der Waals surface area contributed by atoms with Crippen molar-refractivity contribution in [1.29, 1.82) is 0 Å². The highest BCUT2D eigenvalue weighted by molar-refractivity contribution is 7.08. The van der Waals surface area contributed by atoms with E-state index >= 15 is 0 Å². The number of benzene rings is 3. The number of nitrogens with one attached hydrogen (secondary N) is 2. The van der Waals surface area contributed by atoms with Gasteiger partial charge >= 0.3 is 0 Å². The largest absolute Gasteiger partial charge is 0.497 e. The molecule has 0 fully saturated rings. The predicted octanol–water partition coefficient (Wildman–Crippen LogP) is 6.18. The summed E-state index contributed by atoms with van der Waals surface area (Å²) in [6, 6.07) is 24.4. The third-order valence-corrected chi connectivity index (χ3v) is 8.15. The number of ether oxygens (including phenoxy) is 1. The van der Waals surface area contributed by atoms with E-state index in [1.807, 2.05) is 88.5 Å². The molecule has 0 spiro atoms. The molecule has 0 aliphatic rings. The first kappa shape index (κ1) is 32.9. The van der Waals surface area contributed by atoms with Crippen molar-refractivity contribution in [3.63, 3.8) is 0 Å². The van der Waals surface area contributed by atoms with E-state index in [0.29, 0.717) is 37.2 Å². The average Bonchev–Trinajstić information content (AvgIpc) is 3.60. The third-order valence-electron chi connectivity index (χ3n) is 7.47. The summed E-state index contributed by atoms with van der Waals surface area (Å²) >= 11 is 1.57. The summed E-state index contributed by atoms with van der Waals surface area (Å²) in [5, 5.41) is 21.7. The molecule has 8 heteroatoms. The average molecular weight is 614 g/mol. The molecule has 7 nitrogen and oxygen atoms in total. The topological polar surface area (TPSA) is 90.9 Å². The molecule has 44 heavy (non-hydrogen) atoms. The molecule has 3 aromatic carbocycles. The van der Waals surface area contributed by atoms with Gasteiger partial charge in [-0.2, -0.15) is 11.3 Å².